The molecule has 1 amide bonds. The summed E-state index contributed by atoms with van der Waals surface area (Å²) in [5, 5.41) is 16.9. The first-order valence-corrected chi connectivity index (χ1v) is 11.9. The van der Waals surface area contributed by atoms with E-state index in [4.69, 9.17) is 16.3 Å². The van der Waals surface area contributed by atoms with Gasteiger partial charge < -0.3 is 10.1 Å². The Labute approximate surface area is 189 Å². The van der Waals surface area contributed by atoms with Gasteiger partial charge in [-0.2, -0.15) is 4.52 Å². The molecule has 0 radical (unpaired) electrons. The number of aromatic nitrogens is 4. The predicted octanol–water partition coefficient (Wildman–Crippen LogP) is 5.74. The Morgan fingerprint density at radius 2 is 2.10 bits per heavy atom. The molecule has 1 atom stereocenters. The molecule has 2 heterocycles. The van der Waals surface area contributed by atoms with Gasteiger partial charge in [0.1, 0.15) is 5.60 Å². The number of alkyl carbamates (subject to hydrolysis) is 1. The number of nitrogens with zero attached hydrogens (tertiary/aromatic N) is 4. The van der Waals surface area contributed by atoms with Crippen LogP contribution in [0.15, 0.2) is 28.6 Å². The molecule has 1 N–H and O–H groups in total. The molecule has 3 aromatic rings. The number of hydrogen-bond acceptors (Lipinski definition) is 7. The van der Waals surface area contributed by atoms with Gasteiger partial charge >= 0.3 is 6.09 Å². The number of fused-ring (bicyclic) bond motifs is 1. The van der Waals surface area contributed by atoms with Crippen LogP contribution >= 0.6 is 34.7 Å². The van der Waals surface area contributed by atoms with Crippen LogP contribution in [0.1, 0.15) is 58.5 Å². The van der Waals surface area contributed by atoms with E-state index in [1.54, 1.807) is 16.3 Å². The molecule has 0 aliphatic heterocycles. The fraction of sp³-hybridized carbons (Fsp3) is 0.500. The van der Waals surface area contributed by atoms with Gasteiger partial charge in [-0.3, -0.25) is 0 Å². The van der Waals surface area contributed by atoms with Crippen LogP contribution in [-0.2, 0) is 10.5 Å². The minimum Gasteiger partial charge on any atom is -0.444 e. The number of ether oxygens (including phenoxy) is 1. The fourth-order valence-corrected chi connectivity index (χ4v) is 4.85. The fourth-order valence-electron chi connectivity index (χ4n) is 2.81. The molecular formula is C20H26ClN5O2S2. The van der Waals surface area contributed by atoms with E-state index in [0.717, 1.165) is 20.7 Å². The third-order valence-corrected chi connectivity index (χ3v) is 6.30. The first-order valence-electron chi connectivity index (χ1n) is 9.69. The van der Waals surface area contributed by atoms with Crippen molar-refractivity contribution in [2.45, 2.75) is 62.8 Å². The van der Waals surface area contributed by atoms with Gasteiger partial charge in [0, 0.05) is 10.8 Å². The highest BCUT2D eigenvalue weighted by molar-refractivity contribution is 8.00. The van der Waals surface area contributed by atoms with Crippen LogP contribution in [0.2, 0.25) is 5.02 Å². The maximum Gasteiger partial charge on any atom is 0.408 e. The highest BCUT2D eigenvalue weighted by atomic mass is 35.5. The Kier molecular flexibility index (Phi) is 7.26. The normalized spacial score (nSPS) is 13.0. The lowest BCUT2D eigenvalue weighted by Crippen LogP contribution is -2.36. The van der Waals surface area contributed by atoms with Crippen LogP contribution in [0.5, 0.6) is 0 Å². The molecule has 0 aliphatic rings. The monoisotopic (exact) mass is 467 g/mol. The van der Waals surface area contributed by atoms with E-state index >= 15 is 0 Å². The van der Waals surface area contributed by atoms with Crippen molar-refractivity contribution in [3.8, 4) is 0 Å². The predicted molar refractivity (Wildman–Crippen MR) is 121 cm³/mol. The number of rotatable bonds is 7. The van der Waals surface area contributed by atoms with Gasteiger partial charge in [0.25, 0.3) is 0 Å². The largest absolute Gasteiger partial charge is 0.444 e. The lowest BCUT2D eigenvalue weighted by molar-refractivity contribution is 0.0494. The van der Waals surface area contributed by atoms with E-state index in [-0.39, 0.29) is 6.04 Å². The zero-order valence-corrected chi connectivity index (χ0v) is 20.1. The standard InChI is InChI=1S/C20H26ClN5O2S2/c1-12(2)9-15(22-18(27)28-20(3,4)5)16-23-24-17-26(16)25-19(30-17)29-11-13-7-6-8-14(21)10-13/h6-8,10,12,15H,9,11H2,1-5H3,(H,22,27). The van der Waals surface area contributed by atoms with Gasteiger partial charge in [-0.1, -0.05) is 60.7 Å². The number of halogens is 1. The molecule has 162 valence electrons. The van der Waals surface area contributed by atoms with Gasteiger partial charge in [-0.15, -0.1) is 15.3 Å². The van der Waals surface area contributed by atoms with Crippen molar-refractivity contribution in [3.63, 3.8) is 0 Å². The maximum absolute atomic E-state index is 12.4. The second-order valence-electron chi connectivity index (χ2n) is 8.37. The molecule has 7 nitrogen and oxygen atoms in total. The average molecular weight is 468 g/mol. The van der Waals surface area contributed by atoms with Gasteiger partial charge in [0.05, 0.1) is 6.04 Å². The first kappa shape index (κ1) is 22.8. The summed E-state index contributed by atoms with van der Waals surface area (Å²) < 4.78 is 8.02. The molecule has 0 fully saturated rings. The second-order valence-corrected chi connectivity index (χ2v) is 11.0. The lowest BCUT2D eigenvalue weighted by Gasteiger charge is -2.23. The zero-order chi connectivity index (χ0) is 21.9. The van der Waals surface area contributed by atoms with Crippen molar-refractivity contribution in [1.29, 1.82) is 0 Å². The van der Waals surface area contributed by atoms with Gasteiger partial charge in [-0.05, 0) is 50.8 Å². The van der Waals surface area contributed by atoms with Crippen LogP contribution in [0.25, 0.3) is 4.96 Å². The van der Waals surface area contributed by atoms with E-state index in [1.165, 1.54) is 11.3 Å². The molecule has 0 saturated carbocycles. The average Bonchev–Trinajstić information content (AvgIpc) is 3.17. The second kappa shape index (κ2) is 9.53. The van der Waals surface area contributed by atoms with E-state index < -0.39 is 11.7 Å². The molecule has 0 saturated heterocycles. The van der Waals surface area contributed by atoms with Crippen molar-refractivity contribution in [2.24, 2.45) is 5.92 Å². The Bertz CT molecular complexity index is 1010. The molecular weight excluding hydrogens is 442 g/mol. The van der Waals surface area contributed by atoms with Crippen molar-refractivity contribution < 1.29 is 9.53 Å². The van der Waals surface area contributed by atoms with Crippen LogP contribution in [0.3, 0.4) is 0 Å². The van der Waals surface area contributed by atoms with Crippen LogP contribution in [0, 0.1) is 5.92 Å². The molecule has 2 aromatic heterocycles. The smallest absolute Gasteiger partial charge is 0.408 e. The summed E-state index contributed by atoms with van der Waals surface area (Å²) in [6.45, 7) is 9.69. The van der Waals surface area contributed by atoms with Crippen molar-refractivity contribution in [1.82, 2.24) is 25.1 Å². The molecule has 0 spiro atoms. The number of benzene rings is 1. The number of amides is 1. The number of hydrogen-bond donors (Lipinski definition) is 1. The summed E-state index contributed by atoms with van der Waals surface area (Å²) >= 11 is 9.15. The third kappa shape index (κ3) is 6.33. The summed E-state index contributed by atoms with van der Waals surface area (Å²) in [6.07, 6.45) is 0.221. The minimum absolute atomic E-state index is 0.340. The van der Waals surface area contributed by atoms with E-state index in [2.05, 4.69) is 34.5 Å². The molecule has 10 heteroatoms. The Morgan fingerprint density at radius 1 is 1.33 bits per heavy atom. The first-order chi connectivity index (χ1) is 14.1. The molecule has 30 heavy (non-hydrogen) atoms. The van der Waals surface area contributed by atoms with Crippen LogP contribution in [-0.4, -0.2) is 31.5 Å². The zero-order valence-electron chi connectivity index (χ0n) is 17.7. The summed E-state index contributed by atoms with van der Waals surface area (Å²) in [5.41, 5.74) is 0.556. The summed E-state index contributed by atoms with van der Waals surface area (Å²) in [4.78, 5) is 13.0. The van der Waals surface area contributed by atoms with Crippen LogP contribution in [0.4, 0.5) is 4.79 Å². The van der Waals surface area contributed by atoms with Gasteiger partial charge in [0.15, 0.2) is 10.2 Å². The topological polar surface area (TPSA) is 81.4 Å². The summed E-state index contributed by atoms with van der Waals surface area (Å²) in [5.74, 6) is 1.70. The molecule has 1 aromatic carbocycles. The number of thioether (sulfide) groups is 1. The van der Waals surface area contributed by atoms with E-state index in [0.29, 0.717) is 23.1 Å². The van der Waals surface area contributed by atoms with E-state index in [9.17, 15) is 4.79 Å². The summed E-state index contributed by atoms with van der Waals surface area (Å²) in [6, 6.07) is 7.44. The van der Waals surface area contributed by atoms with E-state index in [1.807, 2.05) is 45.0 Å². The van der Waals surface area contributed by atoms with Crippen molar-refractivity contribution in [3.05, 3.63) is 40.7 Å². The van der Waals surface area contributed by atoms with Crippen LogP contribution < -0.4 is 5.32 Å². The summed E-state index contributed by atoms with van der Waals surface area (Å²) in [7, 11) is 0. The lowest BCUT2D eigenvalue weighted by atomic mass is 10.0. The SMILES string of the molecule is CC(C)CC(NC(=O)OC(C)(C)C)c1nnc2sc(SCc3cccc(Cl)c3)nn12. The minimum atomic E-state index is -0.572. The Morgan fingerprint density at radius 3 is 2.77 bits per heavy atom. The van der Waals surface area contributed by atoms with Gasteiger partial charge in [-0.25, -0.2) is 4.79 Å². The quantitative estimate of drug-likeness (QED) is 0.446. The molecule has 0 bridgehead atoms. The molecule has 1 unspecified atom stereocenters. The Hall–Kier alpha value is -1.84. The number of carbonyl (C=O) groups excluding carboxylic acids is 1. The van der Waals surface area contributed by atoms with Crippen molar-refractivity contribution >= 4 is 45.8 Å². The molecule has 3 rings (SSSR count). The highest BCUT2D eigenvalue weighted by Gasteiger charge is 2.26. The third-order valence-electron chi connectivity index (χ3n) is 3.96. The van der Waals surface area contributed by atoms with Gasteiger partial charge in [0.2, 0.25) is 4.96 Å². The maximum atomic E-state index is 12.4. The highest BCUT2D eigenvalue weighted by Crippen LogP contribution is 2.30. The number of carbonyl (C=O) groups is 1. The molecule has 0 aliphatic carbocycles. The Balaban J connectivity index is 1.77. The van der Waals surface area contributed by atoms with Crippen molar-refractivity contribution in [2.75, 3.05) is 0 Å². The number of nitrogens with one attached hydrogen (secondary N) is 1.